The van der Waals surface area contributed by atoms with Crippen LogP contribution in [0.1, 0.15) is 16.8 Å². The molecule has 2 N–H and O–H groups in total. The van der Waals surface area contributed by atoms with Crippen molar-refractivity contribution in [3.8, 4) is 0 Å². The second-order valence-corrected chi connectivity index (χ2v) is 3.74. The number of nitrogens with one attached hydrogen (secondary N) is 1. The lowest BCUT2D eigenvalue weighted by atomic mass is 10.0. The van der Waals surface area contributed by atoms with Crippen LogP contribution in [-0.2, 0) is 11.2 Å². The van der Waals surface area contributed by atoms with Crippen LogP contribution in [0.4, 0.5) is 0 Å². The maximum absolute atomic E-state index is 10.7. The normalized spacial score (nSPS) is 10.8. The molecular weight excluding hydrogens is 192 g/mol. The first-order valence-electron chi connectivity index (χ1n) is 4.74. The van der Waals surface area contributed by atoms with E-state index in [1.165, 1.54) is 0 Å². The van der Waals surface area contributed by atoms with Crippen molar-refractivity contribution in [1.29, 1.82) is 0 Å². The Morgan fingerprint density at radius 3 is 2.87 bits per heavy atom. The number of benzene rings is 1. The van der Waals surface area contributed by atoms with Gasteiger partial charge in [0.05, 0.1) is 11.9 Å². The zero-order chi connectivity index (χ0) is 11.0. The zero-order valence-corrected chi connectivity index (χ0v) is 8.66. The molecule has 0 unspecified atom stereocenters. The van der Waals surface area contributed by atoms with Gasteiger partial charge < -0.3 is 5.11 Å². The van der Waals surface area contributed by atoms with Crippen molar-refractivity contribution < 1.29 is 9.90 Å². The van der Waals surface area contributed by atoms with Gasteiger partial charge in [-0.1, -0.05) is 6.07 Å². The highest BCUT2D eigenvalue weighted by Crippen LogP contribution is 2.22. The molecule has 0 bridgehead atoms. The third-order valence-corrected chi connectivity index (χ3v) is 2.40. The van der Waals surface area contributed by atoms with Gasteiger partial charge in [-0.15, -0.1) is 0 Å². The number of carboxylic acid groups (broad SMARTS) is 1. The van der Waals surface area contributed by atoms with Crippen molar-refractivity contribution in [1.82, 2.24) is 10.2 Å². The first-order valence-corrected chi connectivity index (χ1v) is 4.74. The lowest BCUT2D eigenvalue weighted by Gasteiger charge is -2.02. The van der Waals surface area contributed by atoms with Crippen molar-refractivity contribution in [2.45, 2.75) is 20.3 Å². The molecule has 1 aromatic carbocycles. The van der Waals surface area contributed by atoms with Crippen LogP contribution in [-0.4, -0.2) is 21.3 Å². The molecular formula is C11H12N2O2. The van der Waals surface area contributed by atoms with Crippen LogP contribution in [0.2, 0.25) is 0 Å². The van der Waals surface area contributed by atoms with Crippen LogP contribution in [0.15, 0.2) is 12.1 Å². The second-order valence-electron chi connectivity index (χ2n) is 3.74. The number of carbonyl (C=O) groups is 1. The largest absolute Gasteiger partial charge is 0.481 e. The second kappa shape index (κ2) is 3.38. The molecule has 0 aliphatic rings. The third-order valence-electron chi connectivity index (χ3n) is 2.40. The number of hydrogen-bond acceptors (Lipinski definition) is 2. The molecule has 0 amide bonds. The van der Waals surface area contributed by atoms with Gasteiger partial charge in [0.25, 0.3) is 0 Å². The van der Waals surface area contributed by atoms with Crippen molar-refractivity contribution in [2.75, 3.05) is 0 Å². The number of nitrogens with zero attached hydrogens (tertiary/aromatic N) is 1. The Bertz CT molecular complexity index is 529. The summed E-state index contributed by atoms with van der Waals surface area (Å²) in [7, 11) is 0. The molecule has 0 saturated heterocycles. The number of carboxylic acids is 1. The average molecular weight is 204 g/mol. The number of H-pyrrole nitrogens is 1. The van der Waals surface area contributed by atoms with Crippen LogP contribution >= 0.6 is 0 Å². The quantitative estimate of drug-likeness (QED) is 0.784. The highest BCUT2D eigenvalue weighted by molar-refractivity contribution is 5.88. The Hall–Kier alpha value is -1.84. The SMILES string of the molecule is Cc1cc(CC(=O)O)c2c(C)[nH]nc2c1. The zero-order valence-electron chi connectivity index (χ0n) is 8.66. The summed E-state index contributed by atoms with van der Waals surface area (Å²) in [5.41, 5.74) is 3.61. The summed E-state index contributed by atoms with van der Waals surface area (Å²) in [6.45, 7) is 3.84. The van der Waals surface area contributed by atoms with Crippen LogP contribution in [0, 0.1) is 13.8 Å². The number of hydrogen-bond donors (Lipinski definition) is 2. The van der Waals surface area contributed by atoms with E-state index in [-0.39, 0.29) is 6.42 Å². The molecule has 78 valence electrons. The Morgan fingerprint density at radius 1 is 1.47 bits per heavy atom. The first kappa shape index (κ1) is 9.71. The van der Waals surface area contributed by atoms with E-state index in [4.69, 9.17) is 5.11 Å². The fraction of sp³-hybridized carbons (Fsp3) is 0.273. The van der Waals surface area contributed by atoms with E-state index in [1.54, 1.807) is 0 Å². The van der Waals surface area contributed by atoms with Gasteiger partial charge in [-0.25, -0.2) is 0 Å². The van der Waals surface area contributed by atoms with Gasteiger partial charge in [0, 0.05) is 11.1 Å². The Morgan fingerprint density at radius 2 is 2.20 bits per heavy atom. The molecule has 2 aromatic rings. The summed E-state index contributed by atoms with van der Waals surface area (Å²) in [6.07, 6.45) is 0.0402. The summed E-state index contributed by atoms with van der Waals surface area (Å²) < 4.78 is 0. The number of rotatable bonds is 2. The maximum Gasteiger partial charge on any atom is 0.307 e. The number of aryl methyl sites for hydroxylation is 2. The molecule has 0 atom stereocenters. The molecule has 4 nitrogen and oxygen atoms in total. The van der Waals surface area contributed by atoms with Crippen LogP contribution in [0.25, 0.3) is 10.9 Å². The van der Waals surface area contributed by atoms with Crippen molar-refractivity contribution in [2.24, 2.45) is 0 Å². The van der Waals surface area contributed by atoms with E-state index in [0.29, 0.717) is 0 Å². The third kappa shape index (κ3) is 1.70. The first-order chi connectivity index (χ1) is 7.08. The Balaban J connectivity index is 2.68. The molecule has 0 saturated carbocycles. The predicted octanol–water partition coefficient (Wildman–Crippen LogP) is 1.81. The highest BCUT2D eigenvalue weighted by atomic mass is 16.4. The van der Waals surface area contributed by atoms with Gasteiger partial charge >= 0.3 is 5.97 Å². The summed E-state index contributed by atoms with van der Waals surface area (Å²) in [5, 5.41) is 16.8. The minimum Gasteiger partial charge on any atom is -0.481 e. The fourth-order valence-electron chi connectivity index (χ4n) is 1.86. The molecule has 0 aliphatic carbocycles. The molecule has 15 heavy (non-hydrogen) atoms. The van der Waals surface area contributed by atoms with Crippen LogP contribution in [0.5, 0.6) is 0 Å². The number of fused-ring (bicyclic) bond motifs is 1. The number of aromatic nitrogens is 2. The monoisotopic (exact) mass is 204 g/mol. The van der Waals surface area contributed by atoms with Gasteiger partial charge in [0.1, 0.15) is 0 Å². The van der Waals surface area contributed by atoms with E-state index < -0.39 is 5.97 Å². The van der Waals surface area contributed by atoms with Crippen LogP contribution < -0.4 is 0 Å². The smallest absolute Gasteiger partial charge is 0.307 e. The van der Waals surface area contributed by atoms with Crippen molar-refractivity contribution in [3.05, 3.63) is 29.0 Å². The van der Waals surface area contributed by atoms with Gasteiger partial charge in [-0.3, -0.25) is 9.89 Å². The van der Waals surface area contributed by atoms with Gasteiger partial charge in [0.15, 0.2) is 0 Å². The Labute approximate surface area is 86.9 Å². The topological polar surface area (TPSA) is 66.0 Å². The summed E-state index contributed by atoms with van der Waals surface area (Å²) in [6, 6.07) is 3.85. The van der Waals surface area contributed by atoms with Gasteiger partial charge in [-0.2, -0.15) is 5.10 Å². The van der Waals surface area contributed by atoms with Gasteiger partial charge in [-0.05, 0) is 31.0 Å². The molecule has 2 rings (SSSR count). The standard InChI is InChI=1S/C11H12N2O2/c1-6-3-8(5-10(14)15)11-7(2)12-13-9(11)4-6/h3-4H,5H2,1-2H3,(H,12,13)(H,14,15). The minimum atomic E-state index is -0.817. The fourth-order valence-corrected chi connectivity index (χ4v) is 1.86. The number of aliphatic carboxylic acids is 1. The lowest BCUT2D eigenvalue weighted by molar-refractivity contribution is -0.136. The van der Waals surface area contributed by atoms with E-state index >= 15 is 0 Å². The molecule has 0 fully saturated rings. The summed E-state index contributed by atoms with van der Waals surface area (Å²) >= 11 is 0. The Kier molecular flexibility index (Phi) is 2.19. The molecule has 0 spiro atoms. The molecule has 1 heterocycles. The predicted molar refractivity (Wildman–Crippen MR) is 56.9 cm³/mol. The lowest BCUT2D eigenvalue weighted by Crippen LogP contribution is -2.01. The molecule has 1 aromatic heterocycles. The molecule has 0 aliphatic heterocycles. The van der Waals surface area contributed by atoms with Crippen molar-refractivity contribution in [3.63, 3.8) is 0 Å². The summed E-state index contributed by atoms with van der Waals surface area (Å²) in [5.74, 6) is -0.817. The number of aromatic amines is 1. The molecule has 0 radical (unpaired) electrons. The van der Waals surface area contributed by atoms with Crippen LogP contribution in [0.3, 0.4) is 0 Å². The average Bonchev–Trinajstić information content (AvgIpc) is 2.46. The highest BCUT2D eigenvalue weighted by Gasteiger charge is 2.10. The minimum absolute atomic E-state index is 0.0402. The maximum atomic E-state index is 10.7. The van der Waals surface area contributed by atoms with Crippen molar-refractivity contribution >= 4 is 16.9 Å². The van der Waals surface area contributed by atoms with Gasteiger partial charge in [0.2, 0.25) is 0 Å². The van der Waals surface area contributed by atoms with E-state index in [1.807, 2.05) is 26.0 Å². The summed E-state index contributed by atoms with van der Waals surface area (Å²) in [4.78, 5) is 10.7. The van der Waals surface area contributed by atoms with E-state index in [0.717, 1.165) is 27.7 Å². The van der Waals surface area contributed by atoms with E-state index in [2.05, 4.69) is 10.2 Å². The molecule has 4 heteroatoms. The van der Waals surface area contributed by atoms with E-state index in [9.17, 15) is 4.79 Å².